The number of thioether (sulfide) groups is 1. The number of esters is 1. The SMILES string of the molecule is CCOC(=S)SC(CCC(=O)c1ccc(Cl)cc1)OC(=O)C(C)C. The van der Waals surface area contributed by atoms with Crippen LogP contribution < -0.4 is 0 Å². The summed E-state index contributed by atoms with van der Waals surface area (Å²) in [5.74, 6) is -0.619. The lowest BCUT2D eigenvalue weighted by molar-refractivity contribution is -0.148. The molecule has 132 valence electrons. The topological polar surface area (TPSA) is 52.6 Å². The Bertz CT molecular complexity index is 572. The van der Waals surface area contributed by atoms with Crippen LogP contribution in [-0.4, -0.2) is 28.2 Å². The van der Waals surface area contributed by atoms with Gasteiger partial charge < -0.3 is 9.47 Å². The van der Waals surface area contributed by atoms with E-state index < -0.39 is 5.44 Å². The van der Waals surface area contributed by atoms with Crippen LogP contribution in [0.4, 0.5) is 0 Å². The van der Waals surface area contributed by atoms with E-state index in [4.69, 9.17) is 33.3 Å². The molecule has 4 nitrogen and oxygen atoms in total. The van der Waals surface area contributed by atoms with E-state index in [1.807, 2.05) is 6.92 Å². The van der Waals surface area contributed by atoms with Gasteiger partial charge in [-0.25, -0.2) is 0 Å². The Morgan fingerprint density at radius 2 is 1.88 bits per heavy atom. The van der Waals surface area contributed by atoms with Gasteiger partial charge >= 0.3 is 5.97 Å². The highest BCUT2D eigenvalue weighted by molar-refractivity contribution is 8.22. The fourth-order valence-corrected chi connectivity index (χ4v) is 3.04. The van der Waals surface area contributed by atoms with E-state index >= 15 is 0 Å². The highest BCUT2D eigenvalue weighted by atomic mass is 35.5. The maximum absolute atomic E-state index is 12.2. The van der Waals surface area contributed by atoms with Gasteiger partial charge in [0.2, 0.25) is 4.38 Å². The summed E-state index contributed by atoms with van der Waals surface area (Å²) < 4.78 is 10.9. The molecule has 0 N–H and O–H groups in total. The van der Waals surface area contributed by atoms with Crippen LogP contribution in [0.15, 0.2) is 24.3 Å². The molecule has 0 aliphatic carbocycles. The summed E-state index contributed by atoms with van der Waals surface area (Å²) in [7, 11) is 0. The number of halogens is 1. The lowest BCUT2D eigenvalue weighted by Crippen LogP contribution is -2.21. The summed E-state index contributed by atoms with van der Waals surface area (Å²) in [6.45, 7) is 5.78. The van der Waals surface area contributed by atoms with E-state index in [2.05, 4.69) is 0 Å². The van der Waals surface area contributed by atoms with Crippen LogP contribution in [0, 0.1) is 5.92 Å². The highest BCUT2D eigenvalue weighted by Gasteiger charge is 2.21. The Morgan fingerprint density at radius 3 is 2.42 bits per heavy atom. The van der Waals surface area contributed by atoms with Gasteiger partial charge in [0.25, 0.3) is 0 Å². The van der Waals surface area contributed by atoms with E-state index in [9.17, 15) is 9.59 Å². The zero-order valence-electron chi connectivity index (χ0n) is 13.9. The van der Waals surface area contributed by atoms with Gasteiger partial charge in [0.05, 0.1) is 12.5 Å². The maximum Gasteiger partial charge on any atom is 0.309 e. The molecule has 0 heterocycles. The van der Waals surface area contributed by atoms with Crippen LogP contribution in [0.25, 0.3) is 0 Å². The normalized spacial score (nSPS) is 11.9. The fraction of sp³-hybridized carbons (Fsp3) is 0.471. The smallest absolute Gasteiger partial charge is 0.309 e. The number of carbonyl (C=O) groups excluding carboxylic acids is 2. The van der Waals surface area contributed by atoms with Crippen molar-refractivity contribution in [2.75, 3.05) is 6.61 Å². The molecule has 0 fully saturated rings. The van der Waals surface area contributed by atoms with E-state index in [0.29, 0.717) is 28.0 Å². The average Bonchev–Trinajstić information content (AvgIpc) is 2.53. The number of hydrogen-bond donors (Lipinski definition) is 0. The second kappa shape index (κ2) is 10.7. The third-order valence-electron chi connectivity index (χ3n) is 2.98. The Labute approximate surface area is 157 Å². The Balaban J connectivity index is 2.65. The molecule has 1 aromatic rings. The summed E-state index contributed by atoms with van der Waals surface area (Å²) in [6.07, 6.45) is 0.594. The first-order valence-corrected chi connectivity index (χ1v) is 9.32. The number of carbonyl (C=O) groups is 2. The van der Waals surface area contributed by atoms with E-state index in [1.165, 1.54) is 0 Å². The second-order valence-electron chi connectivity index (χ2n) is 5.29. The van der Waals surface area contributed by atoms with E-state index in [-0.39, 0.29) is 24.1 Å². The Morgan fingerprint density at radius 1 is 1.25 bits per heavy atom. The van der Waals surface area contributed by atoms with Crippen molar-refractivity contribution in [2.24, 2.45) is 5.92 Å². The van der Waals surface area contributed by atoms with Crippen molar-refractivity contribution in [1.29, 1.82) is 0 Å². The lowest BCUT2D eigenvalue weighted by atomic mass is 10.1. The van der Waals surface area contributed by atoms with Crippen LogP contribution >= 0.6 is 35.6 Å². The minimum Gasteiger partial charge on any atom is -0.479 e. The molecule has 0 aliphatic rings. The molecule has 24 heavy (non-hydrogen) atoms. The largest absolute Gasteiger partial charge is 0.479 e. The first-order chi connectivity index (χ1) is 11.3. The minimum atomic E-state index is -0.546. The summed E-state index contributed by atoms with van der Waals surface area (Å²) >= 11 is 12.1. The summed E-state index contributed by atoms with van der Waals surface area (Å²) in [5, 5.41) is 0.577. The van der Waals surface area contributed by atoms with E-state index in [1.54, 1.807) is 38.1 Å². The predicted molar refractivity (Wildman–Crippen MR) is 102 cm³/mol. The van der Waals surface area contributed by atoms with Crippen LogP contribution in [0.1, 0.15) is 44.0 Å². The standard InChI is InChI=1S/C17H21ClO4S2/c1-4-21-17(23)24-15(22-16(20)11(2)3)10-9-14(19)12-5-7-13(18)8-6-12/h5-8,11,15H,4,9-10H2,1-3H3. The highest BCUT2D eigenvalue weighted by Crippen LogP contribution is 2.23. The van der Waals surface area contributed by atoms with Crippen LogP contribution in [0.2, 0.25) is 5.02 Å². The molecule has 1 atom stereocenters. The molecule has 0 saturated carbocycles. The van der Waals surface area contributed by atoms with Crippen molar-refractivity contribution in [3.63, 3.8) is 0 Å². The molecule has 1 unspecified atom stereocenters. The van der Waals surface area contributed by atoms with Gasteiger partial charge in [0.1, 0.15) is 0 Å². The molecule has 1 rings (SSSR count). The molecule has 0 amide bonds. The third-order valence-corrected chi connectivity index (χ3v) is 4.55. The predicted octanol–water partition coefficient (Wildman–Crippen LogP) is 4.88. The molecular formula is C17H21ClO4S2. The molecule has 0 bridgehead atoms. The van der Waals surface area contributed by atoms with Crippen molar-refractivity contribution in [3.8, 4) is 0 Å². The van der Waals surface area contributed by atoms with Crippen molar-refractivity contribution >= 4 is 51.7 Å². The Kier molecular flexibility index (Phi) is 9.33. The van der Waals surface area contributed by atoms with Gasteiger partial charge in [-0.3, -0.25) is 9.59 Å². The summed E-state index contributed by atoms with van der Waals surface area (Å²) in [5.41, 5.74) is 0.0286. The fourth-order valence-electron chi connectivity index (χ4n) is 1.70. The van der Waals surface area contributed by atoms with Crippen molar-refractivity contribution < 1.29 is 19.1 Å². The van der Waals surface area contributed by atoms with Crippen molar-refractivity contribution in [1.82, 2.24) is 0 Å². The molecule has 0 spiro atoms. The van der Waals surface area contributed by atoms with Crippen LogP contribution in [0.3, 0.4) is 0 Å². The summed E-state index contributed by atoms with van der Waals surface area (Å²) in [6, 6.07) is 6.70. The first kappa shape index (κ1) is 20.9. The van der Waals surface area contributed by atoms with Gasteiger partial charge in [0, 0.05) is 23.4 Å². The van der Waals surface area contributed by atoms with Gasteiger partial charge in [0.15, 0.2) is 11.2 Å². The van der Waals surface area contributed by atoms with Gasteiger partial charge in [-0.1, -0.05) is 25.4 Å². The lowest BCUT2D eigenvalue weighted by Gasteiger charge is -2.18. The zero-order valence-corrected chi connectivity index (χ0v) is 16.3. The molecular weight excluding hydrogens is 368 g/mol. The molecule has 0 radical (unpaired) electrons. The molecule has 0 aliphatic heterocycles. The average molecular weight is 389 g/mol. The zero-order chi connectivity index (χ0) is 18.1. The first-order valence-electron chi connectivity index (χ1n) is 7.66. The number of hydrogen-bond acceptors (Lipinski definition) is 6. The van der Waals surface area contributed by atoms with Crippen LogP contribution in [-0.2, 0) is 14.3 Å². The molecule has 0 saturated heterocycles. The molecule has 1 aromatic carbocycles. The number of benzene rings is 1. The quantitative estimate of drug-likeness (QED) is 0.274. The molecule has 0 aromatic heterocycles. The number of rotatable bonds is 8. The van der Waals surface area contributed by atoms with Gasteiger partial charge in [-0.15, -0.1) is 0 Å². The summed E-state index contributed by atoms with van der Waals surface area (Å²) in [4.78, 5) is 24.1. The Hall–Kier alpha value is -1.11. The monoisotopic (exact) mass is 388 g/mol. The van der Waals surface area contributed by atoms with Gasteiger partial charge in [-0.05, 0) is 55.2 Å². The number of Topliss-reactive ketones (excluding diaryl/α,β-unsaturated/α-hetero) is 1. The molecule has 7 heteroatoms. The second-order valence-corrected chi connectivity index (χ2v) is 7.49. The third kappa shape index (κ3) is 7.64. The van der Waals surface area contributed by atoms with Crippen molar-refractivity contribution in [3.05, 3.63) is 34.9 Å². The number of ether oxygens (including phenoxy) is 2. The number of ketones is 1. The van der Waals surface area contributed by atoms with Crippen LogP contribution in [0.5, 0.6) is 0 Å². The number of thiocarbonyl (C=S) groups is 1. The van der Waals surface area contributed by atoms with Crippen molar-refractivity contribution in [2.45, 2.75) is 39.0 Å². The minimum absolute atomic E-state index is 0.0415. The van der Waals surface area contributed by atoms with E-state index in [0.717, 1.165) is 11.8 Å². The maximum atomic E-state index is 12.2. The van der Waals surface area contributed by atoms with Gasteiger partial charge in [-0.2, -0.15) is 0 Å².